The van der Waals surface area contributed by atoms with Crippen molar-refractivity contribution >= 4 is 16.6 Å². The number of nitrogen functional groups attached to an aromatic ring is 1. The third-order valence-electron chi connectivity index (χ3n) is 2.96. The van der Waals surface area contributed by atoms with Gasteiger partial charge in [0, 0.05) is 30.0 Å². The highest BCUT2D eigenvalue weighted by Crippen LogP contribution is 2.22. The number of aromatic nitrogens is 2. The Bertz CT molecular complexity index is 703. The van der Waals surface area contributed by atoms with Gasteiger partial charge in [-0.2, -0.15) is 0 Å². The van der Waals surface area contributed by atoms with Gasteiger partial charge >= 0.3 is 0 Å². The molecule has 0 atom stereocenters. The molecule has 0 amide bonds. The fraction of sp³-hybridized carbons (Fsp3) is 0.0714. The highest BCUT2D eigenvalue weighted by molar-refractivity contribution is 5.91. The lowest BCUT2D eigenvalue weighted by Crippen LogP contribution is -1.99. The van der Waals surface area contributed by atoms with Gasteiger partial charge in [-0.05, 0) is 29.8 Å². The SMILES string of the molecule is Nc1cccc2c1ccn2Cc1cncc(F)c1. The number of halogens is 1. The Labute approximate surface area is 104 Å². The number of pyridine rings is 1. The maximum absolute atomic E-state index is 13.1. The van der Waals surface area contributed by atoms with Crippen LogP contribution in [0.1, 0.15) is 5.56 Å². The second-order valence-electron chi connectivity index (χ2n) is 4.24. The topological polar surface area (TPSA) is 43.8 Å². The van der Waals surface area contributed by atoms with Crippen LogP contribution in [0.4, 0.5) is 10.1 Å². The van der Waals surface area contributed by atoms with E-state index in [9.17, 15) is 4.39 Å². The zero-order chi connectivity index (χ0) is 12.5. The molecule has 2 N–H and O–H groups in total. The maximum atomic E-state index is 13.1. The molecule has 0 bridgehead atoms. The molecule has 0 spiro atoms. The largest absolute Gasteiger partial charge is 0.398 e. The van der Waals surface area contributed by atoms with Crippen molar-refractivity contribution in [1.29, 1.82) is 0 Å². The smallest absolute Gasteiger partial charge is 0.141 e. The summed E-state index contributed by atoms with van der Waals surface area (Å²) in [4.78, 5) is 3.85. The summed E-state index contributed by atoms with van der Waals surface area (Å²) in [6, 6.07) is 9.25. The molecule has 0 aliphatic carbocycles. The molecule has 2 heterocycles. The third kappa shape index (κ3) is 1.82. The van der Waals surface area contributed by atoms with E-state index in [0.717, 1.165) is 22.2 Å². The van der Waals surface area contributed by atoms with Gasteiger partial charge in [-0.15, -0.1) is 0 Å². The molecule has 0 radical (unpaired) electrons. The molecule has 90 valence electrons. The maximum Gasteiger partial charge on any atom is 0.141 e. The van der Waals surface area contributed by atoms with E-state index in [0.29, 0.717) is 6.54 Å². The number of rotatable bonds is 2. The number of hydrogen-bond acceptors (Lipinski definition) is 2. The van der Waals surface area contributed by atoms with Crippen LogP contribution in [-0.4, -0.2) is 9.55 Å². The molecule has 18 heavy (non-hydrogen) atoms. The van der Waals surface area contributed by atoms with Crippen molar-refractivity contribution in [3.8, 4) is 0 Å². The van der Waals surface area contributed by atoms with Crippen LogP contribution in [0.25, 0.3) is 10.9 Å². The second-order valence-corrected chi connectivity index (χ2v) is 4.24. The minimum absolute atomic E-state index is 0.316. The zero-order valence-electron chi connectivity index (χ0n) is 9.68. The molecule has 0 fully saturated rings. The Morgan fingerprint density at radius 3 is 2.94 bits per heavy atom. The van der Waals surface area contributed by atoms with Gasteiger partial charge in [-0.25, -0.2) is 4.39 Å². The molecule has 1 aromatic carbocycles. The molecule has 0 unspecified atom stereocenters. The van der Waals surface area contributed by atoms with Crippen molar-refractivity contribution < 1.29 is 4.39 Å². The Morgan fingerprint density at radius 2 is 2.11 bits per heavy atom. The molecule has 2 aromatic heterocycles. The fourth-order valence-corrected chi connectivity index (χ4v) is 2.12. The molecule has 0 saturated heterocycles. The quantitative estimate of drug-likeness (QED) is 0.701. The van der Waals surface area contributed by atoms with E-state index in [-0.39, 0.29) is 5.82 Å². The van der Waals surface area contributed by atoms with Gasteiger partial charge in [0.15, 0.2) is 0 Å². The molecule has 4 heteroatoms. The highest BCUT2D eigenvalue weighted by Gasteiger charge is 2.04. The first-order valence-electron chi connectivity index (χ1n) is 5.67. The summed E-state index contributed by atoms with van der Waals surface area (Å²) in [5, 5.41) is 1.02. The zero-order valence-corrected chi connectivity index (χ0v) is 9.68. The number of benzene rings is 1. The van der Waals surface area contributed by atoms with Crippen LogP contribution in [-0.2, 0) is 6.54 Å². The lowest BCUT2D eigenvalue weighted by atomic mass is 10.2. The Balaban J connectivity index is 2.03. The average Bonchev–Trinajstić information content (AvgIpc) is 2.74. The van der Waals surface area contributed by atoms with Gasteiger partial charge in [0.05, 0.1) is 11.7 Å². The van der Waals surface area contributed by atoms with E-state index in [1.807, 2.05) is 35.0 Å². The van der Waals surface area contributed by atoms with E-state index in [2.05, 4.69) is 4.98 Å². The van der Waals surface area contributed by atoms with Crippen LogP contribution in [0.5, 0.6) is 0 Å². The van der Waals surface area contributed by atoms with Crippen molar-refractivity contribution in [3.05, 3.63) is 60.3 Å². The lowest BCUT2D eigenvalue weighted by Gasteiger charge is -2.06. The van der Waals surface area contributed by atoms with E-state index in [1.54, 1.807) is 6.20 Å². The summed E-state index contributed by atoms with van der Waals surface area (Å²) in [5.74, 6) is -0.316. The molecule has 3 rings (SSSR count). The third-order valence-corrected chi connectivity index (χ3v) is 2.96. The van der Waals surface area contributed by atoms with Gasteiger partial charge in [-0.3, -0.25) is 4.98 Å². The Hall–Kier alpha value is -2.36. The van der Waals surface area contributed by atoms with Gasteiger partial charge in [-0.1, -0.05) is 6.07 Å². The first kappa shape index (κ1) is 10.8. The first-order chi connectivity index (χ1) is 8.74. The number of fused-ring (bicyclic) bond motifs is 1. The van der Waals surface area contributed by atoms with Crippen LogP contribution in [0.15, 0.2) is 48.9 Å². The summed E-state index contributed by atoms with van der Waals surface area (Å²) in [5.41, 5.74) is 8.52. The second kappa shape index (κ2) is 4.14. The van der Waals surface area contributed by atoms with E-state index >= 15 is 0 Å². The number of anilines is 1. The molecule has 0 aliphatic rings. The van der Waals surface area contributed by atoms with Crippen LogP contribution in [0.3, 0.4) is 0 Å². The van der Waals surface area contributed by atoms with E-state index in [4.69, 9.17) is 5.73 Å². The summed E-state index contributed by atoms with van der Waals surface area (Å²) in [6.07, 6.45) is 4.82. The van der Waals surface area contributed by atoms with Crippen molar-refractivity contribution in [1.82, 2.24) is 9.55 Å². The van der Waals surface area contributed by atoms with Crippen molar-refractivity contribution in [2.75, 3.05) is 5.73 Å². The van der Waals surface area contributed by atoms with Gasteiger partial charge in [0.1, 0.15) is 5.82 Å². The Morgan fingerprint density at radius 1 is 1.22 bits per heavy atom. The predicted octanol–water partition coefficient (Wildman–Crippen LogP) is 2.81. The standard InChI is InChI=1S/C14H12FN3/c15-11-6-10(7-17-8-11)9-18-5-4-12-13(16)2-1-3-14(12)18/h1-8H,9,16H2. The monoisotopic (exact) mass is 241 g/mol. The highest BCUT2D eigenvalue weighted by atomic mass is 19.1. The van der Waals surface area contributed by atoms with E-state index in [1.165, 1.54) is 12.3 Å². The number of nitrogens with two attached hydrogens (primary N) is 1. The predicted molar refractivity (Wildman–Crippen MR) is 69.6 cm³/mol. The van der Waals surface area contributed by atoms with Crippen LogP contribution in [0, 0.1) is 5.82 Å². The first-order valence-corrected chi connectivity index (χ1v) is 5.67. The molecule has 0 aliphatic heterocycles. The van der Waals surface area contributed by atoms with Gasteiger partial charge in [0.25, 0.3) is 0 Å². The van der Waals surface area contributed by atoms with Crippen molar-refractivity contribution in [2.24, 2.45) is 0 Å². The fourth-order valence-electron chi connectivity index (χ4n) is 2.12. The lowest BCUT2D eigenvalue weighted by molar-refractivity contribution is 0.617. The van der Waals surface area contributed by atoms with E-state index < -0.39 is 0 Å². The van der Waals surface area contributed by atoms with Gasteiger partial charge in [0.2, 0.25) is 0 Å². The minimum Gasteiger partial charge on any atom is -0.398 e. The summed E-state index contributed by atoms with van der Waals surface area (Å²) in [6.45, 7) is 0.581. The minimum atomic E-state index is -0.316. The summed E-state index contributed by atoms with van der Waals surface area (Å²) >= 11 is 0. The van der Waals surface area contributed by atoms with Crippen molar-refractivity contribution in [2.45, 2.75) is 6.54 Å². The van der Waals surface area contributed by atoms with Crippen LogP contribution in [0.2, 0.25) is 0 Å². The van der Waals surface area contributed by atoms with Gasteiger partial charge < -0.3 is 10.3 Å². The molecular weight excluding hydrogens is 229 g/mol. The normalized spacial score (nSPS) is 10.9. The molecular formula is C14H12FN3. The summed E-state index contributed by atoms with van der Waals surface area (Å²) in [7, 11) is 0. The van der Waals surface area contributed by atoms with Crippen LogP contribution < -0.4 is 5.73 Å². The van der Waals surface area contributed by atoms with Crippen LogP contribution >= 0.6 is 0 Å². The number of nitrogens with zero attached hydrogens (tertiary/aromatic N) is 2. The number of hydrogen-bond donors (Lipinski definition) is 1. The summed E-state index contributed by atoms with van der Waals surface area (Å²) < 4.78 is 15.1. The molecule has 3 nitrogen and oxygen atoms in total. The average molecular weight is 241 g/mol. The van der Waals surface area contributed by atoms with Crippen molar-refractivity contribution in [3.63, 3.8) is 0 Å². The molecule has 3 aromatic rings. The Kier molecular flexibility index (Phi) is 2.48. The molecule has 0 saturated carbocycles.